The number of rotatable bonds is 6. The zero-order valence-corrected chi connectivity index (χ0v) is 15.0. The highest BCUT2D eigenvalue weighted by Crippen LogP contribution is 2.30. The number of amides is 2. The van der Waals surface area contributed by atoms with Gasteiger partial charge in [0.25, 0.3) is 0 Å². The topological polar surface area (TPSA) is 95.7 Å². The Morgan fingerprint density at radius 3 is 2.20 bits per heavy atom. The molecule has 0 aromatic carbocycles. The third kappa shape index (κ3) is 5.31. The van der Waals surface area contributed by atoms with Gasteiger partial charge in [-0.3, -0.25) is 9.59 Å². The molecule has 0 aromatic rings. The van der Waals surface area contributed by atoms with Gasteiger partial charge in [0.2, 0.25) is 11.8 Å². The van der Waals surface area contributed by atoms with Crippen LogP contribution in [0.4, 0.5) is 13.2 Å². The second kappa shape index (κ2) is 8.35. The molecule has 0 saturated carbocycles. The molecule has 1 aliphatic rings. The van der Waals surface area contributed by atoms with Gasteiger partial charge in [-0.25, -0.2) is 0 Å². The first kappa shape index (κ1) is 21.7. The summed E-state index contributed by atoms with van der Waals surface area (Å²) in [4.78, 5) is 26.2. The van der Waals surface area contributed by atoms with Crippen LogP contribution in [0.15, 0.2) is 0 Å². The summed E-state index contributed by atoms with van der Waals surface area (Å²) in [5, 5.41) is 12.0. The summed E-state index contributed by atoms with van der Waals surface area (Å²) in [5.41, 5.74) is 5.85. The number of hydrogen-bond acceptors (Lipinski definition) is 4. The van der Waals surface area contributed by atoms with E-state index in [-0.39, 0.29) is 11.8 Å². The Balaban J connectivity index is 2.87. The summed E-state index contributed by atoms with van der Waals surface area (Å²) < 4.78 is 38.5. The molecular weight excluding hydrogens is 339 g/mol. The maximum Gasteiger partial charge on any atom is 0.415 e. The molecule has 0 spiro atoms. The maximum atomic E-state index is 12.8. The average molecular weight is 367 g/mol. The van der Waals surface area contributed by atoms with Gasteiger partial charge in [-0.05, 0) is 24.7 Å². The Hall–Kier alpha value is -1.35. The summed E-state index contributed by atoms with van der Waals surface area (Å²) in [7, 11) is 0. The number of alkyl halides is 3. The van der Waals surface area contributed by atoms with Gasteiger partial charge >= 0.3 is 6.18 Å². The number of likely N-dealkylation sites (tertiary alicyclic amines) is 1. The number of carbonyl (C=O) groups excluding carboxylic acids is 2. The normalized spacial score (nSPS) is 22.2. The minimum absolute atomic E-state index is 0.0973. The number of aliphatic hydroxyl groups is 1. The van der Waals surface area contributed by atoms with Crippen LogP contribution in [0, 0.1) is 17.8 Å². The van der Waals surface area contributed by atoms with Crippen molar-refractivity contribution in [2.45, 2.75) is 65.0 Å². The molecule has 146 valence electrons. The molecule has 1 saturated heterocycles. The molecule has 0 aromatic heterocycles. The summed E-state index contributed by atoms with van der Waals surface area (Å²) in [5.74, 6) is -3.71. The van der Waals surface area contributed by atoms with Crippen LogP contribution in [0.2, 0.25) is 0 Å². The Kier molecular flexibility index (Phi) is 7.25. The summed E-state index contributed by atoms with van der Waals surface area (Å²) in [6, 6.07) is -0.737. The SMILES string of the molecule is CC(C)[C@H](N)C(=O)N1CCC[C@H]1NC(=O)[C@@H](C(C)C)[C@H](O)C(F)(F)F. The first-order valence-corrected chi connectivity index (χ1v) is 8.49. The van der Waals surface area contributed by atoms with E-state index in [0.29, 0.717) is 19.4 Å². The molecule has 9 heteroatoms. The van der Waals surface area contributed by atoms with Crippen molar-refractivity contribution in [2.24, 2.45) is 23.5 Å². The van der Waals surface area contributed by atoms with Gasteiger partial charge in [0.1, 0.15) is 6.17 Å². The smallest absolute Gasteiger partial charge is 0.383 e. The lowest BCUT2D eigenvalue weighted by molar-refractivity contribution is -0.223. The molecule has 6 nitrogen and oxygen atoms in total. The quantitative estimate of drug-likeness (QED) is 0.658. The molecule has 4 atom stereocenters. The molecule has 0 bridgehead atoms. The van der Waals surface area contributed by atoms with E-state index >= 15 is 0 Å². The lowest BCUT2D eigenvalue weighted by Gasteiger charge is -2.32. The van der Waals surface area contributed by atoms with E-state index in [4.69, 9.17) is 5.73 Å². The number of hydrogen-bond donors (Lipinski definition) is 3. The van der Waals surface area contributed by atoms with E-state index in [9.17, 15) is 27.9 Å². The Morgan fingerprint density at radius 2 is 1.76 bits per heavy atom. The van der Waals surface area contributed by atoms with Gasteiger partial charge in [-0.2, -0.15) is 13.2 Å². The number of halogens is 3. The predicted molar refractivity (Wildman–Crippen MR) is 86.1 cm³/mol. The Bertz CT molecular complexity index is 483. The van der Waals surface area contributed by atoms with Gasteiger partial charge in [0.15, 0.2) is 6.10 Å². The fraction of sp³-hybridized carbons (Fsp3) is 0.875. The molecule has 1 rings (SSSR count). The second-order valence-corrected chi connectivity index (χ2v) is 7.22. The molecule has 2 amide bonds. The van der Waals surface area contributed by atoms with E-state index in [1.54, 1.807) is 13.8 Å². The molecule has 0 aliphatic carbocycles. The fourth-order valence-corrected chi connectivity index (χ4v) is 2.93. The monoisotopic (exact) mass is 367 g/mol. The van der Waals surface area contributed by atoms with E-state index in [2.05, 4.69) is 5.32 Å². The van der Waals surface area contributed by atoms with Crippen molar-refractivity contribution in [2.75, 3.05) is 6.54 Å². The summed E-state index contributed by atoms with van der Waals surface area (Å²) in [6.45, 7) is 6.84. The lowest BCUT2D eigenvalue weighted by Crippen LogP contribution is -2.56. The third-order valence-corrected chi connectivity index (χ3v) is 4.54. The largest absolute Gasteiger partial charge is 0.415 e. The Labute approximate surface area is 145 Å². The third-order valence-electron chi connectivity index (χ3n) is 4.54. The van der Waals surface area contributed by atoms with E-state index in [1.165, 1.54) is 18.7 Å². The van der Waals surface area contributed by atoms with Crippen molar-refractivity contribution < 1.29 is 27.9 Å². The standard InChI is InChI=1S/C16H28F3N3O3/c1-8(2)11(13(23)16(17,18)19)14(24)21-10-6-5-7-22(10)15(25)12(20)9(3)4/h8-13,23H,5-7,20H2,1-4H3,(H,21,24)/t10-,11-,12-,13-/m0/s1. The first-order chi connectivity index (χ1) is 11.4. The van der Waals surface area contributed by atoms with Crippen LogP contribution in [0.1, 0.15) is 40.5 Å². The molecular formula is C16H28F3N3O3. The Morgan fingerprint density at radius 1 is 1.20 bits per heavy atom. The molecule has 0 unspecified atom stereocenters. The number of nitrogens with zero attached hydrogens (tertiary/aromatic N) is 1. The van der Waals surface area contributed by atoms with Gasteiger partial charge in [0, 0.05) is 6.54 Å². The van der Waals surface area contributed by atoms with Gasteiger partial charge in [-0.15, -0.1) is 0 Å². The van der Waals surface area contributed by atoms with Crippen LogP contribution in [-0.4, -0.2) is 52.9 Å². The highest BCUT2D eigenvalue weighted by molar-refractivity contribution is 5.84. The maximum absolute atomic E-state index is 12.8. The molecule has 1 heterocycles. The molecule has 1 fully saturated rings. The fourth-order valence-electron chi connectivity index (χ4n) is 2.93. The van der Waals surface area contributed by atoms with Crippen molar-refractivity contribution in [3.63, 3.8) is 0 Å². The van der Waals surface area contributed by atoms with Crippen LogP contribution in [0.25, 0.3) is 0 Å². The van der Waals surface area contributed by atoms with Crippen molar-refractivity contribution in [3.8, 4) is 0 Å². The zero-order chi connectivity index (χ0) is 19.5. The number of nitrogens with two attached hydrogens (primary N) is 1. The van der Waals surface area contributed by atoms with Crippen LogP contribution < -0.4 is 11.1 Å². The van der Waals surface area contributed by atoms with Gasteiger partial charge in [0.05, 0.1) is 12.0 Å². The van der Waals surface area contributed by atoms with Crippen LogP contribution in [0.3, 0.4) is 0 Å². The van der Waals surface area contributed by atoms with Gasteiger partial charge < -0.3 is 21.1 Å². The number of aliphatic hydroxyl groups excluding tert-OH is 1. The molecule has 1 aliphatic heterocycles. The highest BCUT2D eigenvalue weighted by Gasteiger charge is 2.48. The van der Waals surface area contributed by atoms with Crippen LogP contribution in [0.5, 0.6) is 0 Å². The number of carbonyl (C=O) groups is 2. The predicted octanol–water partition coefficient (Wildman–Crippen LogP) is 1.23. The average Bonchev–Trinajstić information content (AvgIpc) is 2.92. The van der Waals surface area contributed by atoms with E-state index in [1.807, 2.05) is 0 Å². The van der Waals surface area contributed by atoms with E-state index < -0.39 is 42.2 Å². The highest BCUT2D eigenvalue weighted by atomic mass is 19.4. The van der Waals surface area contributed by atoms with Crippen molar-refractivity contribution in [3.05, 3.63) is 0 Å². The van der Waals surface area contributed by atoms with Crippen LogP contribution >= 0.6 is 0 Å². The molecule has 0 radical (unpaired) electrons. The molecule has 25 heavy (non-hydrogen) atoms. The number of nitrogens with one attached hydrogen (secondary N) is 1. The van der Waals surface area contributed by atoms with Crippen LogP contribution in [-0.2, 0) is 9.59 Å². The molecule has 4 N–H and O–H groups in total. The second-order valence-electron chi connectivity index (χ2n) is 7.22. The summed E-state index contributed by atoms with van der Waals surface area (Å²) in [6.07, 6.45) is -7.29. The van der Waals surface area contributed by atoms with Crippen molar-refractivity contribution in [1.82, 2.24) is 10.2 Å². The van der Waals surface area contributed by atoms with Gasteiger partial charge in [-0.1, -0.05) is 27.7 Å². The van der Waals surface area contributed by atoms with Crippen molar-refractivity contribution in [1.29, 1.82) is 0 Å². The van der Waals surface area contributed by atoms with E-state index in [0.717, 1.165) is 0 Å². The first-order valence-electron chi connectivity index (χ1n) is 8.49. The minimum atomic E-state index is -4.89. The minimum Gasteiger partial charge on any atom is -0.383 e. The lowest BCUT2D eigenvalue weighted by atomic mass is 9.89. The summed E-state index contributed by atoms with van der Waals surface area (Å²) >= 11 is 0. The zero-order valence-electron chi connectivity index (χ0n) is 15.0. The van der Waals surface area contributed by atoms with Crippen molar-refractivity contribution >= 4 is 11.8 Å².